The standard InChI is InChI=1S/C14H20N4O/c1-11-5-7-18(8-6-14(11)19)10-12-3-2-4-13(9-12)16-17-15/h2-4,9,11,14,19H,5-8,10H2,1H3. The van der Waals surface area contributed by atoms with E-state index in [4.69, 9.17) is 5.53 Å². The zero-order chi connectivity index (χ0) is 13.7. The van der Waals surface area contributed by atoms with Crippen molar-refractivity contribution in [2.75, 3.05) is 13.1 Å². The van der Waals surface area contributed by atoms with Crippen molar-refractivity contribution < 1.29 is 5.11 Å². The number of hydrogen-bond acceptors (Lipinski definition) is 3. The monoisotopic (exact) mass is 260 g/mol. The summed E-state index contributed by atoms with van der Waals surface area (Å²) in [5, 5.41) is 13.5. The predicted octanol–water partition coefficient (Wildman–Crippen LogP) is 3.22. The highest BCUT2D eigenvalue weighted by molar-refractivity contribution is 5.39. The van der Waals surface area contributed by atoms with Crippen LogP contribution in [0.25, 0.3) is 10.4 Å². The average Bonchev–Trinajstić information content (AvgIpc) is 2.55. The van der Waals surface area contributed by atoms with Gasteiger partial charge in [0.1, 0.15) is 0 Å². The summed E-state index contributed by atoms with van der Waals surface area (Å²) in [6.07, 6.45) is 1.67. The molecule has 0 aliphatic carbocycles. The molecule has 1 aromatic rings. The van der Waals surface area contributed by atoms with E-state index in [0.29, 0.717) is 11.6 Å². The van der Waals surface area contributed by atoms with Crippen molar-refractivity contribution in [2.24, 2.45) is 11.0 Å². The Hall–Kier alpha value is -1.55. The highest BCUT2D eigenvalue weighted by Crippen LogP contribution is 2.20. The van der Waals surface area contributed by atoms with Crippen molar-refractivity contribution in [3.05, 3.63) is 40.3 Å². The van der Waals surface area contributed by atoms with Gasteiger partial charge in [0.2, 0.25) is 0 Å². The Morgan fingerprint density at radius 3 is 3.00 bits per heavy atom. The van der Waals surface area contributed by atoms with Crippen LogP contribution in [0.3, 0.4) is 0 Å². The average molecular weight is 260 g/mol. The molecular weight excluding hydrogens is 240 g/mol. The van der Waals surface area contributed by atoms with E-state index in [1.807, 2.05) is 18.2 Å². The van der Waals surface area contributed by atoms with Crippen molar-refractivity contribution in [3.8, 4) is 0 Å². The molecule has 0 saturated carbocycles. The van der Waals surface area contributed by atoms with Gasteiger partial charge in [-0.05, 0) is 42.5 Å². The summed E-state index contributed by atoms with van der Waals surface area (Å²) in [6, 6.07) is 7.68. The van der Waals surface area contributed by atoms with E-state index in [9.17, 15) is 5.11 Å². The van der Waals surface area contributed by atoms with Crippen molar-refractivity contribution >= 4 is 5.69 Å². The topological polar surface area (TPSA) is 72.2 Å². The highest BCUT2D eigenvalue weighted by atomic mass is 16.3. The summed E-state index contributed by atoms with van der Waals surface area (Å²) < 4.78 is 0. The minimum Gasteiger partial charge on any atom is -0.393 e. The maximum atomic E-state index is 9.87. The third kappa shape index (κ3) is 3.96. The molecule has 0 bridgehead atoms. The Morgan fingerprint density at radius 2 is 2.21 bits per heavy atom. The van der Waals surface area contributed by atoms with E-state index in [1.54, 1.807) is 6.07 Å². The summed E-state index contributed by atoms with van der Waals surface area (Å²) >= 11 is 0. The molecule has 2 atom stereocenters. The summed E-state index contributed by atoms with van der Waals surface area (Å²) in [6.45, 7) is 4.87. The van der Waals surface area contributed by atoms with Gasteiger partial charge in [0, 0.05) is 23.7 Å². The highest BCUT2D eigenvalue weighted by Gasteiger charge is 2.21. The summed E-state index contributed by atoms with van der Waals surface area (Å²) in [5.41, 5.74) is 10.3. The number of aliphatic hydroxyl groups excluding tert-OH is 1. The van der Waals surface area contributed by atoms with Gasteiger partial charge in [0.25, 0.3) is 0 Å². The second kappa shape index (κ2) is 6.57. The molecule has 1 aliphatic heterocycles. The first-order valence-corrected chi connectivity index (χ1v) is 6.73. The molecule has 0 spiro atoms. The molecule has 5 heteroatoms. The second-order valence-electron chi connectivity index (χ2n) is 5.26. The van der Waals surface area contributed by atoms with Gasteiger partial charge in [-0.25, -0.2) is 0 Å². The van der Waals surface area contributed by atoms with Crippen molar-refractivity contribution in [2.45, 2.75) is 32.4 Å². The minimum absolute atomic E-state index is 0.181. The zero-order valence-electron chi connectivity index (χ0n) is 11.2. The molecule has 1 N–H and O–H groups in total. The van der Waals surface area contributed by atoms with Gasteiger partial charge >= 0.3 is 0 Å². The van der Waals surface area contributed by atoms with Crippen LogP contribution in [-0.2, 0) is 6.54 Å². The fourth-order valence-corrected chi connectivity index (χ4v) is 2.47. The minimum atomic E-state index is -0.181. The van der Waals surface area contributed by atoms with E-state index in [2.05, 4.69) is 21.8 Å². The number of hydrogen-bond donors (Lipinski definition) is 1. The zero-order valence-corrected chi connectivity index (χ0v) is 11.2. The van der Waals surface area contributed by atoms with Crippen LogP contribution in [-0.4, -0.2) is 29.2 Å². The van der Waals surface area contributed by atoms with Crippen LogP contribution in [0, 0.1) is 5.92 Å². The molecule has 1 aliphatic rings. The molecule has 19 heavy (non-hydrogen) atoms. The molecule has 0 aromatic heterocycles. The molecule has 102 valence electrons. The molecule has 1 heterocycles. The van der Waals surface area contributed by atoms with Crippen LogP contribution in [0.1, 0.15) is 25.3 Å². The van der Waals surface area contributed by atoms with E-state index in [-0.39, 0.29) is 6.10 Å². The lowest BCUT2D eigenvalue weighted by atomic mass is 10.0. The Kier molecular flexibility index (Phi) is 4.80. The van der Waals surface area contributed by atoms with E-state index < -0.39 is 0 Å². The number of aliphatic hydroxyl groups is 1. The number of benzene rings is 1. The van der Waals surface area contributed by atoms with Crippen LogP contribution < -0.4 is 0 Å². The summed E-state index contributed by atoms with van der Waals surface area (Å²) in [4.78, 5) is 5.16. The lowest BCUT2D eigenvalue weighted by Gasteiger charge is -2.20. The molecule has 5 nitrogen and oxygen atoms in total. The van der Waals surface area contributed by atoms with E-state index >= 15 is 0 Å². The van der Waals surface area contributed by atoms with Gasteiger partial charge in [-0.3, -0.25) is 4.90 Å². The van der Waals surface area contributed by atoms with E-state index in [1.165, 1.54) is 0 Å². The normalized spacial score (nSPS) is 24.5. The maximum Gasteiger partial charge on any atom is 0.0578 e. The second-order valence-corrected chi connectivity index (χ2v) is 5.26. The fraction of sp³-hybridized carbons (Fsp3) is 0.571. The summed E-state index contributed by atoms with van der Waals surface area (Å²) in [7, 11) is 0. The molecule has 0 amide bonds. The van der Waals surface area contributed by atoms with Crippen molar-refractivity contribution in [1.29, 1.82) is 0 Å². The Bertz CT molecular complexity index is 458. The quantitative estimate of drug-likeness (QED) is 0.515. The van der Waals surface area contributed by atoms with Crippen LogP contribution in [0.2, 0.25) is 0 Å². The lowest BCUT2D eigenvalue weighted by Crippen LogP contribution is -2.24. The number of azide groups is 1. The molecule has 2 unspecified atom stereocenters. The first-order chi connectivity index (χ1) is 9.19. The molecule has 0 radical (unpaired) electrons. The Morgan fingerprint density at radius 1 is 1.42 bits per heavy atom. The third-order valence-electron chi connectivity index (χ3n) is 3.78. The first kappa shape index (κ1) is 13.9. The van der Waals surface area contributed by atoms with Crippen LogP contribution in [0.15, 0.2) is 29.4 Å². The largest absolute Gasteiger partial charge is 0.393 e. The number of nitrogens with zero attached hydrogens (tertiary/aromatic N) is 4. The lowest BCUT2D eigenvalue weighted by molar-refractivity contribution is 0.112. The molecule has 1 aromatic carbocycles. The molecular formula is C14H20N4O. The van der Waals surface area contributed by atoms with Crippen LogP contribution in [0.4, 0.5) is 5.69 Å². The SMILES string of the molecule is CC1CCN(Cc2cccc(N=[N+]=[N-])c2)CCC1O. The molecule has 2 rings (SSSR count). The molecule has 1 fully saturated rings. The third-order valence-corrected chi connectivity index (χ3v) is 3.78. The number of likely N-dealkylation sites (tertiary alicyclic amines) is 1. The Labute approximate surface area is 113 Å². The predicted molar refractivity (Wildman–Crippen MR) is 74.9 cm³/mol. The van der Waals surface area contributed by atoms with Crippen molar-refractivity contribution in [1.82, 2.24) is 4.90 Å². The Balaban J connectivity index is 2.00. The van der Waals surface area contributed by atoms with Gasteiger partial charge in [0.05, 0.1) is 6.10 Å². The van der Waals surface area contributed by atoms with Crippen LogP contribution in [0.5, 0.6) is 0 Å². The van der Waals surface area contributed by atoms with Gasteiger partial charge in [0.15, 0.2) is 0 Å². The van der Waals surface area contributed by atoms with Crippen LogP contribution >= 0.6 is 0 Å². The maximum absolute atomic E-state index is 9.87. The summed E-state index contributed by atoms with van der Waals surface area (Å²) in [5.74, 6) is 0.375. The van der Waals surface area contributed by atoms with Gasteiger partial charge in [-0.2, -0.15) is 0 Å². The number of rotatable bonds is 3. The van der Waals surface area contributed by atoms with E-state index in [0.717, 1.165) is 38.0 Å². The first-order valence-electron chi connectivity index (χ1n) is 6.73. The van der Waals surface area contributed by atoms with Gasteiger partial charge < -0.3 is 5.11 Å². The fourth-order valence-electron chi connectivity index (χ4n) is 2.47. The van der Waals surface area contributed by atoms with Crippen molar-refractivity contribution in [3.63, 3.8) is 0 Å². The molecule has 1 saturated heterocycles. The van der Waals surface area contributed by atoms with Gasteiger partial charge in [-0.15, -0.1) is 0 Å². The van der Waals surface area contributed by atoms with Gasteiger partial charge in [-0.1, -0.05) is 30.2 Å². The smallest absolute Gasteiger partial charge is 0.0578 e.